The van der Waals surface area contributed by atoms with Crippen LogP contribution in [0.5, 0.6) is 0 Å². The quantitative estimate of drug-likeness (QED) is 0.466. The van der Waals surface area contributed by atoms with Crippen molar-refractivity contribution in [2.75, 3.05) is 0 Å². The molecule has 23 heavy (non-hydrogen) atoms. The summed E-state index contributed by atoms with van der Waals surface area (Å²) in [5, 5.41) is 19.4. The maximum Gasteiger partial charge on any atom is 0.283 e. The Hall–Kier alpha value is -2.19. The Labute approximate surface area is 144 Å². The fourth-order valence-corrected chi connectivity index (χ4v) is 3.16. The van der Waals surface area contributed by atoms with E-state index >= 15 is 0 Å². The van der Waals surface area contributed by atoms with Gasteiger partial charge in [0.1, 0.15) is 0 Å². The molecule has 3 aromatic rings. The smallest absolute Gasteiger partial charge is 0.283 e. The Morgan fingerprint density at radius 1 is 1.22 bits per heavy atom. The van der Waals surface area contributed by atoms with E-state index in [-0.39, 0.29) is 10.9 Å². The van der Waals surface area contributed by atoms with Crippen molar-refractivity contribution in [3.63, 3.8) is 0 Å². The summed E-state index contributed by atoms with van der Waals surface area (Å²) in [6.45, 7) is 1.80. The average Bonchev–Trinajstić information content (AvgIpc) is 2.97. The van der Waals surface area contributed by atoms with Gasteiger partial charge in [-0.2, -0.15) is 0 Å². The van der Waals surface area contributed by atoms with Crippen LogP contribution in [0.15, 0.2) is 61.5 Å². The van der Waals surface area contributed by atoms with E-state index in [1.165, 1.54) is 6.07 Å². The topological polar surface area (TPSA) is 82.1 Å². The van der Waals surface area contributed by atoms with Crippen LogP contribution in [0.25, 0.3) is 11.5 Å². The number of halogens is 1. The largest absolute Gasteiger partial charge is 0.411 e. The summed E-state index contributed by atoms with van der Waals surface area (Å²) in [7, 11) is 0. The second kappa shape index (κ2) is 6.51. The number of rotatable bonds is 4. The molecule has 116 valence electrons. The lowest BCUT2D eigenvalue weighted by Gasteiger charge is -2.01. The first-order valence-electron chi connectivity index (χ1n) is 6.56. The number of aryl methyl sites for hydroxylation is 1. The van der Waals surface area contributed by atoms with Gasteiger partial charge in [0.15, 0.2) is 0 Å². The highest BCUT2D eigenvalue weighted by Gasteiger charge is 2.18. The van der Waals surface area contributed by atoms with E-state index in [9.17, 15) is 10.1 Å². The highest BCUT2D eigenvalue weighted by molar-refractivity contribution is 9.10. The zero-order valence-corrected chi connectivity index (χ0v) is 14.3. The minimum absolute atomic E-state index is 0.0237. The molecule has 0 aliphatic heterocycles. The first kappa shape index (κ1) is 15.7. The standard InChI is InChI=1S/C15H10BrN3O3S/c1-9-6-7-13(12(8-9)19(20)21)23-15-18-17-14(22-15)10-4-2-3-5-11(10)16/h2-8H,1H3. The third-order valence-electron chi connectivity index (χ3n) is 3.02. The second-order valence-electron chi connectivity index (χ2n) is 4.68. The summed E-state index contributed by atoms with van der Waals surface area (Å²) in [6, 6.07) is 12.5. The number of aromatic nitrogens is 2. The summed E-state index contributed by atoms with van der Waals surface area (Å²) >= 11 is 4.50. The maximum absolute atomic E-state index is 11.2. The minimum atomic E-state index is -0.416. The van der Waals surface area contributed by atoms with E-state index in [1.807, 2.05) is 24.3 Å². The van der Waals surface area contributed by atoms with Crippen LogP contribution in [-0.4, -0.2) is 15.1 Å². The van der Waals surface area contributed by atoms with Crippen LogP contribution in [0.3, 0.4) is 0 Å². The molecule has 6 nitrogen and oxygen atoms in total. The van der Waals surface area contributed by atoms with E-state index in [0.717, 1.165) is 27.4 Å². The molecular weight excluding hydrogens is 382 g/mol. The van der Waals surface area contributed by atoms with Crippen molar-refractivity contribution in [3.8, 4) is 11.5 Å². The van der Waals surface area contributed by atoms with Crippen molar-refractivity contribution < 1.29 is 9.34 Å². The highest BCUT2D eigenvalue weighted by Crippen LogP contribution is 2.36. The van der Waals surface area contributed by atoms with E-state index in [4.69, 9.17) is 4.42 Å². The average molecular weight is 392 g/mol. The lowest BCUT2D eigenvalue weighted by molar-refractivity contribution is -0.387. The van der Waals surface area contributed by atoms with Gasteiger partial charge in [-0.1, -0.05) is 18.2 Å². The third kappa shape index (κ3) is 3.43. The molecule has 1 aromatic heterocycles. The molecule has 0 radical (unpaired) electrons. The fourth-order valence-electron chi connectivity index (χ4n) is 1.94. The minimum Gasteiger partial charge on any atom is -0.411 e. The molecule has 0 spiro atoms. The van der Waals surface area contributed by atoms with Crippen LogP contribution in [-0.2, 0) is 0 Å². The lowest BCUT2D eigenvalue weighted by atomic mass is 10.2. The van der Waals surface area contributed by atoms with Crippen molar-refractivity contribution in [2.24, 2.45) is 0 Å². The number of benzene rings is 2. The Kier molecular flexibility index (Phi) is 4.44. The van der Waals surface area contributed by atoms with Gasteiger partial charge in [0.2, 0.25) is 5.89 Å². The predicted molar refractivity (Wildman–Crippen MR) is 89.4 cm³/mol. The number of nitro benzene ring substituents is 1. The molecule has 0 atom stereocenters. The molecule has 2 aromatic carbocycles. The molecule has 0 unspecified atom stereocenters. The molecule has 0 saturated carbocycles. The Bertz CT molecular complexity index is 882. The molecule has 0 aliphatic carbocycles. The Morgan fingerprint density at radius 2 is 2.00 bits per heavy atom. The van der Waals surface area contributed by atoms with Crippen molar-refractivity contribution in [1.82, 2.24) is 10.2 Å². The normalized spacial score (nSPS) is 10.7. The Balaban J connectivity index is 1.91. The van der Waals surface area contributed by atoms with Crippen LogP contribution in [0.4, 0.5) is 5.69 Å². The molecular formula is C15H10BrN3O3S. The van der Waals surface area contributed by atoms with E-state index in [0.29, 0.717) is 10.8 Å². The van der Waals surface area contributed by atoms with Crippen LogP contribution in [0.2, 0.25) is 0 Å². The van der Waals surface area contributed by atoms with Crippen molar-refractivity contribution >= 4 is 33.4 Å². The molecule has 0 aliphatic rings. The van der Waals surface area contributed by atoms with Crippen LogP contribution in [0.1, 0.15) is 5.56 Å². The van der Waals surface area contributed by atoms with E-state index in [1.54, 1.807) is 19.1 Å². The van der Waals surface area contributed by atoms with Crippen molar-refractivity contribution in [1.29, 1.82) is 0 Å². The first-order valence-corrected chi connectivity index (χ1v) is 8.17. The lowest BCUT2D eigenvalue weighted by Crippen LogP contribution is -1.91. The molecule has 1 heterocycles. The summed E-state index contributed by atoms with van der Waals surface area (Å²) in [6.07, 6.45) is 0. The predicted octanol–water partition coefficient (Wildman–Crippen LogP) is 4.87. The van der Waals surface area contributed by atoms with Gasteiger partial charge in [0.05, 0.1) is 15.4 Å². The second-order valence-corrected chi connectivity index (χ2v) is 6.53. The number of hydrogen-bond acceptors (Lipinski definition) is 6. The summed E-state index contributed by atoms with van der Waals surface area (Å²) < 4.78 is 6.44. The van der Waals surface area contributed by atoms with Crippen LogP contribution in [0, 0.1) is 17.0 Å². The molecule has 3 rings (SSSR count). The number of nitro groups is 1. The van der Waals surface area contributed by atoms with Gasteiger partial charge in [-0.15, -0.1) is 10.2 Å². The van der Waals surface area contributed by atoms with Gasteiger partial charge in [0.25, 0.3) is 10.9 Å². The van der Waals surface area contributed by atoms with E-state index < -0.39 is 4.92 Å². The maximum atomic E-state index is 11.2. The monoisotopic (exact) mass is 391 g/mol. The molecule has 0 fully saturated rings. The molecule has 0 saturated heterocycles. The summed E-state index contributed by atoms with van der Waals surface area (Å²) in [5.41, 5.74) is 1.61. The van der Waals surface area contributed by atoms with Crippen LogP contribution < -0.4 is 0 Å². The van der Waals surface area contributed by atoms with Gasteiger partial charge in [-0.3, -0.25) is 10.1 Å². The van der Waals surface area contributed by atoms with Gasteiger partial charge in [0, 0.05) is 10.5 Å². The van der Waals surface area contributed by atoms with E-state index in [2.05, 4.69) is 26.1 Å². The number of hydrogen-bond donors (Lipinski definition) is 0. The van der Waals surface area contributed by atoms with Gasteiger partial charge < -0.3 is 4.42 Å². The summed E-state index contributed by atoms with van der Waals surface area (Å²) in [5.74, 6) is 0.356. The Morgan fingerprint density at radius 3 is 2.74 bits per heavy atom. The highest BCUT2D eigenvalue weighted by atomic mass is 79.9. The molecule has 8 heteroatoms. The first-order chi connectivity index (χ1) is 11.0. The fraction of sp³-hybridized carbons (Fsp3) is 0.0667. The number of nitrogens with zero attached hydrogens (tertiary/aromatic N) is 3. The van der Waals surface area contributed by atoms with Gasteiger partial charge in [-0.25, -0.2) is 0 Å². The third-order valence-corrected chi connectivity index (χ3v) is 4.62. The van der Waals surface area contributed by atoms with Crippen molar-refractivity contribution in [2.45, 2.75) is 17.0 Å². The van der Waals surface area contributed by atoms with Gasteiger partial charge >= 0.3 is 0 Å². The molecule has 0 N–H and O–H groups in total. The SMILES string of the molecule is Cc1ccc(Sc2nnc(-c3ccccc3Br)o2)c([N+](=O)[O-])c1. The molecule has 0 bridgehead atoms. The molecule has 0 amide bonds. The van der Waals surface area contributed by atoms with Crippen LogP contribution >= 0.6 is 27.7 Å². The zero-order chi connectivity index (χ0) is 16.4. The van der Waals surface area contributed by atoms with Crippen molar-refractivity contribution in [3.05, 3.63) is 62.6 Å². The van der Waals surface area contributed by atoms with Gasteiger partial charge in [-0.05, 0) is 58.4 Å². The zero-order valence-electron chi connectivity index (χ0n) is 11.9. The summed E-state index contributed by atoms with van der Waals surface area (Å²) in [4.78, 5) is 11.2.